The number of rotatable bonds is 54. The molecule has 0 heterocycles. The Morgan fingerprint density at radius 2 is 0.513 bits per heavy atom. The van der Waals surface area contributed by atoms with Crippen molar-refractivity contribution in [2.24, 2.45) is 0 Å². The Morgan fingerprint density at radius 3 is 0.816 bits per heavy atom. The molecule has 0 aliphatic heterocycles. The van der Waals surface area contributed by atoms with E-state index in [9.17, 15) is 14.4 Å². The van der Waals surface area contributed by atoms with Crippen molar-refractivity contribution in [3.63, 3.8) is 0 Å². The maximum Gasteiger partial charge on any atom is 0.306 e. The SMILES string of the molecule is CC/C=C\C/C=C\C/C=C\C/C=C\C/C=C\C/C=C\C/C=C\CCCCCCCCCCCC(=O)OCC(COC(=O)CCCCCCCCCC)OC(=O)CCCCC/C=C\C/C=C\C/C=C\C/C=C\C/C=C\CC. The van der Waals surface area contributed by atoms with Crippen molar-refractivity contribution in [1.29, 1.82) is 0 Å². The monoisotopic (exact) mass is 1050 g/mol. The molecule has 1 unspecified atom stereocenters. The molecule has 0 aromatic heterocycles. The van der Waals surface area contributed by atoms with Gasteiger partial charge in [0.15, 0.2) is 6.10 Å². The highest BCUT2D eigenvalue weighted by Crippen LogP contribution is 2.14. The van der Waals surface area contributed by atoms with Crippen LogP contribution in [0, 0.1) is 0 Å². The van der Waals surface area contributed by atoms with Crippen LogP contribution in [-0.2, 0) is 28.6 Å². The smallest absolute Gasteiger partial charge is 0.306 e. The van der Waals surface area contributed by atoms with E-state index in [4.69, 9.17) is 14.2 Å². The Kier molecular flexibility index (Phi) is 58.9. The number of allylic oxidation sites excluding steroid dienone is 24. The van der Waals surface area contributed by atoms with E-state index in [2.05, 4.69) is 167 Å². The van der Waals surface area contributed by atoms with Crippen LogP contribution >= 0.6 is 0 Å². The number of esters is 3. The van der Waals surface area contributed by atoms with Crippen molar-refractivity contribution in [3.05, 3.63) is 146 Å². The van der Waals surface area contributed by atoms with Crippen LogP contribution in [0.3, 0.4) is 0 Å². The molecule has 428 valence electrons. The van der Waals surface area contributed by atoms with E-state index >= 15 is 0 Å². The van der Waals surface area contributed by atoms with Gasteiger partial charge in [-0.05, 0) is 122 Å². The second-order valence-electron chi connectivity index (χ2n) is 19.9. The zero-order valence-corrected chi connectivity index (χ0v) is 49.0. The van der Waals surface area contributed by atoms with Crippen molar-refractivity contribution >= 4 is 17.9 Å². The molecule has 76 heavy (non-hydrogen) atoms. The lowest BCUT2D eigenvalue weighted by molar-refractivity contribution is -0.167. The first kappa shape index (κ1) is 71.3. The van der Waals surface area contributed by atoms with Crippen molar-refractivity contribution < 1.29 is 28.6 Å². The highest BCUT2D eigenvalue weighted by atomic mass is 16.6. The first-order valence-corrected chi connectivity index (χ1v) is 30.8. The Balaban J connectivity index is 4.25. The Morgan fingerprint density at radius 1 is 0.276 bits per heavy atom. The molecule has 0 aliphatic carbocycles. The van der Waals surface area contributed by atoms with Crippen LogP contribution in [0.4, 0.5) is 0 Å². The predicted molar refractivity (Wildman–Crippen MR) is 329 cm³/mol. The summed E-state index contributed by atoms with van der Waals surface area (Å²) in [6, 6.07) is 0. The molecule has 1 atom stereocenters. The third-order valence-electron chi connectivity index (χ3n) is 12.6. The Hall–Kier alpha value is -4.71. The maximum absolute atomic E-state index is 12.8. The molecule has 0 rings (SSSR count). The molecule has 0 radical (unpaired) electrons. The molecule has 0 fully saturated rings. The highest BCUT2D eigenvalue weighted by Gasteiger charge is 2.19. The van der Waals surface area contributed by atoms with Crippen LogP contribution < -0.4 is 0 Å². The molecule has 0 saturated carbocycles. The number of hydrogen-bond acceptors (Lipinski definition) is 6. The average molecular weight is 1050 g/mol. The van der Waals surface area contributed by atoms with Crippen molar-refractivity contribution in [1.82, 2.24) is 0 Å². The lowest BCUT2D eigenvalue weighted by Crippen LogP contribution is -2.30. The van der Waals surface area contributed by atoms with Gasteiger partial charge in [-0.3, -0.25) is 14.4 Å². The van der Waals surface area contributed by atoms with Gasteiger partial charge >= 0.3 is 17.9 Å². The van der Waals surface area contributed by atoms with E-state index < -0.39 is 6.10 Å². The van der Waals surface area contributed by atoms with Crippen LogP contribution in [-0.4, -0.2) is 37.2 Å². The van der Waals surface area contributed by atoms with E-state index in [0.717, 1.165) is 148 Å². The fourth-order valence-corrected chi connectivity index (χ4v) is 8.04. The summed E-state index contributed by atoms with van der Waals surface area (Å²) in [5.41, 5.74) is 0. The third-order valence-corrected chi connectivity index (χ3v) is 12.6. The van der Waals surface area contributed by atoms with Gasteiger partial charge < -0.3 is 14.2 Å². The molecule has 0 amide bonds. The minimum Gasteiger partial charge on any atom is -0.462 e. The first-order chi connectivity index (χ1) is 37.5. The molecular formula is C70H112O6. The van der Waals surface area contributed by atoms with Gasteiger partial charge in [0.05, 0.1) is 0 Å². The van der Waals surface area contributed by atoms with E-state index in [1.54, 1.807) is 0 Å². The fraction of sp³-hybridized carbons (Fsp3) is 0.614. The molecule has 0 aromatic carbocycles. The summed E-state index contributed by atoms with van der Waals surface area (Å²) < 4.78 is 16.8. The molecule has 6 heteroatoms. The molecule has 0 bridgehead atoms. The number of carbonyl (C=O) groups excluding carboxylic acids is 3. The minimum atomic E-state index is -0.801. The first-order valence-electron chi connectivity index (χ1n) is 30.8. The lowest BCUT2D eigenvalue weighted by atomic mass is 10.1. The largest absolute Gasteiger partial charge is 0.462 e. The van der Waals surface area contributed by atoms with Crippen LogP contribution in [0.5, 0.6) is 0 Å². The van der Waals surface area contributed by atoms with Gasteiger partial charge in [0.2, 0.25) is 0 Å². The number of ether oxygens (including phenoxy) is 3. The van der Waals surface area contributed by atoms with E-state index in [-0.39, 0.29) is 37.5 Å². The molecular weight excluding hydrogens is 937 g/mol. The number of unbranched alkanes of at least 4 members (excludes halogenated alkanes) is 19. The molecule has 0 aliphatic rings. The molecule has 6 nitrogen and oxygen atoms in total. The summed E-state index contributed by atoms with van der Waals surface area (Å²) in [4.78, 5) is 38.1. The van der Waals surface area contributed by atoms with Gasteiger partial charge in [-0.1, -0.05) is 263 Å². The van der Waals surface area contributed by atoms with Crippen LogP contribution in [0.25, 0.3) is 0 Å². The van der Waals surface area contributed by atoms with Gasteiger partial charge in [-0.2, -0.15) is 0 Å². The fourth-order valence-electron chi connectivity index (χ4n) is 8.04. The van der Waals surface area contributed by atoms with Crippen LogP contribution in [0.15, 0.2) is 146 Å². The number of carbonyl (C=O) groups is 3. The van der Waals surface area contributed by atoms with E-state index in [1.807, 2.05) is 0 Å². The van der Waals surface area contributed by atoms with Gasteiger partial charge in [0.25, 0.3) is 0 Å². The molecule has 0 spiro atoms. The summed E-state index contributed by atoms with van der Waals surface area (Å²) in [5, 5.41) is 0. The summed E-state index contributed by atoms with van der Waals surface area (Å²) in [5.74, 6) is -0.943. The van der Waals surface area contributed by atoms with Gasteiger partial charge in [-0.15, -0.1) is 0 Å². The zero-order chi connectivity index (χ0) is 55.0. The molecule has 0 saturated heterocycles. The standard InChI is InChI=1S/C70H112O6/c1-4-7-10-13-16-19-21-23-25-27-29-30-31-32-33-34-35-36-37-38-39-40-42-43-45-47-49-51-54-57-60-63-69(72)75-66-67(65-74-68(71)62-59-56-53-18-15-12-9-6-3)76-70(73)64-61-58-55-52-50-48-46-44-41-28-26-24-22-20-17-14-11-8-5-2/h7-8,10-11,16-17,19-20,23-26,29-30,32-33,35-36,38-39,41,44,48,50,67H,4-6,9,12-15,18,21-22,27-28,31,34,37,40,42-43,45-47,49,51-66H2,1-3H3/b10-7-,11-8-,19-16-,20-17-,25-23-,26-24-,30-29-,33-32-,36-35-,39-38-,44-41-,50-48-. The van der Waals surface area contributed by atoms with Gasteiger partial charge in [0.1, 0.15) is 13.2 Å². The third kappa shape index (κ3) is 60.2. The zero-order valence-electron chi connectivity index (χ0n) is 49.0. The van der Waals surface area contributed by atoms with Crippen LogP contribution in [0.2, 0.25) is 0 Å². The Bertz CT molecular complexity index is 1680. The Labute approximate surface area is 467 Å². The molecule has 0 N–H and O–H groups in total. The van der Waals surface area contributed by atoms with E-state index in [1.165, 1.54) is 70.6 Å². The number of hydrogen-bond donors (Lipinski definition) is 0. The summed E-state index contributed by atoms with van der Waals surface area (Å²) in [6.07, 6.45) is 90.1. The topological polar surface area (TPSA) is 78.9 Å². The highest BCUT2D eigenvalue weighted by molar-refractivity contribution is 5.71. The van der Waals surface area contributed by atoms with Crippen molar-refractivity contribution in [2.45, 2.75) is 264 Å². The van der Waals surface area contributed by atoms with E-state index in [0.29, 0.717) is 12.8 Å². The van der Waals surface area contributed by atoms with Crippen LogP contribution in [0.1, 0.15) is 258 Å². The summed E-state index contributed by atoms with van der Waals surface area (Å²) in [6.45, 7) is 6.34. The summed E-state index contributed by atoms with van der Waals surface area (Å²) >= 11 is 0. The maximum atomic E-state index is 12.8. The predicted octanol–water partition coefficient (Wildman–Crippen LogP) is 21.2. The summed E-state index contributed by atoms with van der Waals surface area (Å²) in [7, 11) is 0. The quantitative estimate of drug-likeness (QED) is 0.0261. The lowest BCUT2D eigenvalue weighted by Gasteiger charge is -2.18. The normalized spacial score (nSPS) is 13.1. The van der Waals surface area contributed by atoms with Crippen molar-refractivity contribution in [2.75, 3.05) is 13.2 Å². The average Bonchev–Trinajstić information content (AvgIpc) is 3.42. The second-order valence-corrected chi connectivity index (χ2v) is 19.9. The van der Waals surface area contributed by atoms with Gasteiger partial charge in [0, 0.05) is 19.3 Å². The van der Waals surface area contributed by atoms with Crippen molar-refractivity contribution in [3.8, 4) is 0 Å². The minimum absolute atomic E-state index is 0.0965. The molecule has 0 aromatic rings. The second kappa shape index (κ2) is 62.8. The van der Waals surface area contributed by atoms with Gasteiger partial charge in [-0.25, -0.2) is 0 Å².